The first-order chi connectivity index (χ1) is 9.84. The summed E-state index contributed by atoms with van der Waals surface area (Å²) in [6.07, 6.45) is 12.9. The lowest BCUT2D eigenvalue weighted by Crippen LogP contribution is -2.43. The molecule has 0 aromatic heterocycles. The molecule has 1 N–H and O–H groups in total. The van der Waals surface area contributed by atoms with E-state index in [1.165, 1.54) is 51.4 Å². The molecule has 3 nitrogen and oxygen atoms in total. The third-order valence-electron chi connectivity index (χ3n) is 5.68. The van der Waals surface area contributed by atoms with Crippen LogP contribution >= 0.6 is 12.4 Å². The molecule has 1 amide bonds. The number of carbonyl (C=O) groups is 1. The van der Waals surface area contributed by atoms with E-state index in [4.69, 9.17) is 0 Å². The Labute approximate surface area is 135 Å². The molecular formula is C17H31ClN2O. The van der Waals surface area contributed by atoms with Crippen molar-refractivity contribution in [2.45, 2.75) is 70.3 Å². The van der Waals surface area contributed by atoms with Gasteiger partial charge in [-0.05, 0) is 51.1 Å². The number of nitrogens with one attached hydrogen (secondary N) is 1. The second kappa shape index (κ2) is 8.38. The smallest absolute Gasteiger partial charge is 0.226 e. The number of hydrogen-bond donors (Lipinski definition) is 1. The van der Waals surface area contributed by atoms with E-state index in [-0.39, 0.29) is 12.4 Å². The second-order valence-electron chi connectivity index (χ2n) is 7.09. The highest BCUT2D eigenvalue weighted by molar-refractivity contribution is 5.85. The van der Waals surface area contributed by atoms with Crippen molar-refractivity contribution in [3.05, 3.63) is 0 Å². The molecule has 3 aliphatic rings. The van der Waals surface area contributed by atoms with Gasteiger partial charge in [0, 0.05) is 18.5 Å². The molecule has 1 aliphatic carbocycles. The predicted octanol–water partition coefficient (Wildman–Crippen LogP) is 3.37. The lowest BCUT2D eigenvalue weighted by atomic mass is 9.84. The van der Waals surface area contributed by atoms with Crippen molar-refractivity contribution >= 4 is 18.3 Å². The Kier molecular flexibility index (Phi) is 6.81. The summed E-state index contributed by atoms with van der Waals surface area (Å²) >= 11 is 0. The van der Waals surface area contributed by atoms with E-state index in [9.17, 15) is 4.79 Å². The van der Waals surface area contributed by atoms with E-state index in [0.717, 1.165) is 38.4 Å². The Bertz CT molecular complexity index is 325. The topological polar surface area (TPSA) is 32.3 Å². The molecule has 1 atom stereocenters. The molecule has 2 aliphatic heterocycles. The number of rotatable bonds is 3. The van der Waals surface area contributed by atoms with Gasteiger partial charge in [-0.1, -0.05) is 32.1 Å². The van der Waals surface area contributed by atoms with Crippen molar-refractivity contribution in [1.82, 2.24) is 10.2 Å². The standard InChI is InChI=1S/C17H30N2O.ClH/c20-17(15-8-10-18-11-9-15)19-12-4-7-16(19)13-14-5-2-1-3-6-14;/h14-16,18H,1-13H2;1H. The first-order valence-corrected chi connectivity index (χ1v) is 8.86. The largest absolute Gasteiger partial charge is 0.339 e. The van der Waals surface area contributed by atoms with Crippen LogP contribution in [0, 0.1) is 11.8 Å². The predicted molar refractivity (Wildman–Crippen MR) is 88.8 cm³/mol. The van der Waals surface area contributed by atoms with Crippen molar-refractivity contribution in [2.24, 2.45) is 11.8 Å². The molecule has 0 aromatic carbocycles. The molecule has 0 bridgehead atoms. The summed E-state index contributed by atoms with van der Waals surface area (Å²) in [5.74, 6) is 1.68. The summed E-state index contributed by atoms with van der Waals surface area (Å²) in [5.41, 5.74) is 0. The highest BCUT2D eigenvalue weighted by Gasteiger charge is 2.34. The lowest BCUT2D eigenvalue weighted by Gasteiger charge is -2.33. The van der Waals surface area contributed by atoms with Crippen LogP contribution in [0.25, 0.3) is 0 Å². The van der Waals surface area contributed by atoms with Gasteiger partial charge in [0.25, 0.3) is 0 Å². The zero-order chi connectivity index (χ0) is 13.8. The molecule has 21 heavy (non-hydrogen) atoms. The van der Waals surface area contributed by atoms with Crippen LogP contribution in [0.4, 0.5) is 0 Å². The normalized spacial score (nSPS) is 28.4. The Morgan fingerprint density at radius 2 is 1.67 bits per heavy atom. The Morgan fingerprint density at radius 3 is 2.38 bits per heavy atom. The van der Waals surface area contributed by atoms with Crippen LogP contribution < -0.4 is 5.32 Å². The van der Waals surface area contributed by atoms with Crippen molar-refractivity contribution in [2.75, 3.05) is 19.6 Å². The molecular weight excluding hydrogens is 284 g/mol. The maximum atomic E-state index is 12.8. The maximum absolute atomic E-state index is 12.8. The number of carbonyl (C=O) groups excluding carboxylic acids is 1. The van der Waals surface area contributed by atoms with Crippen LogP contribution in [0.1, 0.15) is 64.2 Å². The van der Waals surface area contributed by atoms with Gasteiger partial charge < -0.3 is 10.2 Å². The minimum atomic E-state index is 0. The van der Waals surface area contributed by atoms with Crippen LogP contribution in [-0.2, 0) is 4.79 Å². The highest BCUT2D eigenvalue weighted by atomic mass is 35.5. The summed E-state index contributed by atoms with van der Waals surface area (Å²) in [7, 11) is 0. The number of hydrogen-bond acceptors (Lipinski definition) is 2. The first-order valence-electron chi connectivity index (χ1n) is 8.86. The van der Waals surface area contributed by atoms with E-state index < -0.39 is 0 Å². The van der Waals surface area contributed by atoms with E-state index in [0.29, 0.717) is 17.9 Å². The van der Waals surface area contributed by atoms with Crippen molar-refractivity contribution in [3.63, 3.8) is 0 Å². The molecule has 122 valence electrons. The number of nitrogens with zero attached hydrogens (tertiary/aromatic N) is 1. The minimum absolute atomic E-state index is 0. The van der Waals surface area contributed by atoms with E-state index in [1.807, 2.05) is 0 Å². The van der Waals surface area contributed by atoms with E-state index in [2.05, 4.69) is 10.2 Å². The molecule has 3 rings (SSSR count). The molecule has 0 aromatic rings. The molecule has 0 spiro atoms. The molecule has 1 saturated carbocycles. The molecule has 2 saturated heterocycles. The Hall–Kier alpha value is -0.280. The zero-order valence-corrected chi connectivity index (χ0v) is 14.0. The van der Waals surface area contributed by atoms with Crippen LogP contribution in [0.3, 0.4) is 0 Å². The summed E-state index contributed by atoms with van der Waals surface area (Å²) in [6.45, 7) is 3.08. The Morgan fingerprint density at radius 1 is 0.952 bits per heavy atom. The molecule has 0 radical (unpaired) electrons. The molecule has 3 fully saturated rings. The fraction of sp³-hybridized carbons (Fsp3) is 0.941. The highest BCUT2D eigenvalue weighted by Crippen LogP contribution is 2.33. The van der Waals surface area contributed by atoms with Crippen LogP contribution in [0.15, 0.2) is 0 Å². The first kappa shape index (κ1) is 17.1. The number of piperidine rings is 1. The Balaban J connectivity index is 0.00000161. The van der Waals surface area contributed by atoms with Gasteiger partial charge in [0.1, 0.15) is 0 Å². The summed E-state index contributed by atoms with van der Waals surface area (Å²) in [6, 6.07) is 0.570. The third-order valence-corrected chi connectivity index (χ3v) is 5.68. The van der Waals surface area contributed by atoms with Gasteiger partial charge in [-0.2, -0.15) is 0 Å². The van der Waals surface area contributed by atoms with Gasteiger partial charge in [-0.15, -0.1) is 12.4 Å². The quantitative estimate of drug-likeness (QED) is 0.866. The van der Waals surface area contributed by atoms with Crippen LogP contribution in [0.5, 0.6) is 0 Å². The zero-order valence-electron chi connectivity index (χ0n) is 13.2. The summed E-state index contributed by atoms with van der Waals surface area (Å²) < 4.78 is 0. The SMILES string of the molecule is Cl.O=C(C1CCNCC1)N1CCCC1CC1CCCCC1. The fourth-order valence-electron chi connectivity index (χ4n) is 4.48. The second-order valence-corrected chi connectivity index (χ2v) is 7.09. The molecule has 4 heteroatoms. The fourth-order valence-corrected chi connectivity index (χ4v) is 4.48. The monoisotopic (exact) mass is 314 g/mol. The van der Waals surface area contributed by atoms with Gasteiger partial charge in [0.05, 0.1) is 0 Å². The number of amides is 1. The lowest BCUT2D eigenvalue weighted by molar-refractivity contribution is -0.137. The van der Waals surface area contributed by atoms with Gasteiger partial charge in [0.2, 0.25) is 5.91 Å². The van der Waals surface area contributed by atoms with Gasteiger partial charge in [-0.3, -0.25) is 4.79 Å². The third kappa shape index (κ3) is 4.35. The maximum Gasteiger partial charge on any atom is 0.226 e. The minimum Gasteiger partial charge on any atom is -0.339 e. The van der Waals surface area contributed by atoms with E-state index in [1.54, 1.807) is 0 Å². The van der Waals surface area contributed by atoms with Gasteiger partial charge >= 0.3 is 0 Å². The number of likely N-dealkylation sites (tertiary alicyclic amines) is 1. The van der Waals surface area contributed by atoms with Crippen molar-refractivity contribution < 1.29 is 4.79 Å². The van der Waals surface area contributed by atoms with Gasteiger partial charge in [-0.25, -0.2) is 0 Å². The van der Waals surface area contributed by atoms with Crippen LogP contribution in [0.2, 0.25) is 0 Å². The summed E-state index contributed by atoms with van der Waals surface area (Å²) in [5, 5.41) is 3.37. The summed E-state index contributed by atoms with van der Waals surface area (Å²) in [4.78, 5) is 15.0. The number of halogens is 1. The van der Waals surface area contributed by atoms with Crippen molar-refractivity contribution in [1.29, 1.82) is 0 Å². The average Bonchev–Trinajstić information content (AvgIpc) is 2.96. The van der Waals surface area contributed by atoms with Gasteiger partial charge in [0.15, 0.2) is 0 Å². The molecule has 1 unspecified atom stereocenters. The average molecular weight is 315 g/mol. The van der Waals surface area contributed by atoms with Crippen molar-refractivity contribution in [3.8, 4) is 0 Å². The van der Waals surface area contributed by atoms with E-state index >= 15 is 0 Å². The molecule has 2 heterocycles. The van der Waals surface area contributed by atoms with Crippen LogP contribution in [-0.4, -0.2) is 36.5 Å².